The lowest BCUT2D eigenvalue weighted by atomic mass is 9.86. The van der Waals surface area contributed by atoms with E-state index in [0.29, 0.717) is 43.1 Å². The van der Waals surface area contributed by atoms with Crippen LogP contribution >= 0.6 is 0 Å². The van der Waals surface area contributed by atoms with E-state index < -0.39 is 18.0 Å². The van der Waals surface area contributed by atoms with Crippen LogP contribution in [0, 0.1) is 5.92 Å². The monoisotopic (exact) mass is 422 g/mol. The number of H-pyrrole nitrogens is 1. The van der Waals surface area contributed by atoms with Gasteiger partial charge in [-0.05, 0) is 36.3 Å². The van der Waals surface area contributed by atoms with Crippen LogP contribution in [0.1, 0.15) is 66.9 Å². The van der Waals surface area contributed by atoms with Gasteiger partial charge in [0.15, 0.2) is 6.23 Å². The molecule has 1 atom stereocenters. The van der Waals surface area contributed by atoms with Crippen LogP contribution in [0.15, 0.2) is 24.3 Å². The number of hydrogen-bond acceptors (Lipinski definition) is 4. The molecule has 8 heteroatoms. The van der Waals surface area contributed by atoms with Gasteiger partial charge in [0.25, 0.3) is 0 Å². The number of fused-ring (bicyclic) bond motifs is 1. The minimum atomic E-state index is -4.34. The van der Waals surface area contributed by atoms with Gasteiger partial charge in [0, 0.05) is 38.3 Å². The molecular formula is C22H29F3N4O. The Labute approximate surface area is 174 Å². The molecule has 1 aromatic heterocycles. The first-order valence-electron chi connectivity index (χ1n) is 10.6. The summed E-state index contributed by atoms with van der Waals surface area (Å²) in [6.07, 6.45) is -4.01. The molecule has 2 aromatic rings. The zero-order chi connectivity index (χ0) is 21.5. The molecule has 4 rings (SSSR count). The quantitative estimate of drug-likeness (QED) is 0.756. The number of likely N-dealkylation sites (tertiary alicyclic amines) is 1. The van der Waals surface area contributed by atoms with Crippen LogP contribution in [0.2, 0.25) is 0 Å². The van der Waals surface area contributed by atoms with Gasteiger partial charge in [-0.1, -0.05) is 32.0 Å². The van der Waals surface area contributed by atoms with Crippen molar-refractivity contribution in [3.05, 3.63) is 52.3 Å². The van der Waals surface area contributed by atoms with E-state index >= 15 is 0 Å². The summed E-state index contributed by atoms with van der Waals surface area (Å²) in [6, 6.07) is 5.85. The van der Waals surface area contributed by atoms with Crippen molar-refractivity contribution in [2.24, 2.45) is 5.92 Å². The lowest BCUT2D eigenvalue weighted by molar-refractivity contribution is -0.138. The van der Waals surface area contributed by atoms with Crippen LogP contribution in [-0.4, -0.2) is 44.7 Å². The van der Waals surface area contributed by atoms with Crippen molar-refractivity contribution in [1.82, 2.24) is 20.0 Å². The second-order valence-electron chi connectivity index (χ2n) is 8.90. The summed E-state index contributed by atoms with van der Waals surface area (Å²) in [4.78, 5) is 4.26. The summed E-state index contributed by atoms with van der Waals surface area (Å²) in [7, 11) is 0. The third-order valence-corrected chi connectivity index (χ3v) is 6.20. The van der Waals surface area contributed by atoms with Gasteiger partial charge in [-0.15, -0.1) is 0 Å². The average Bonchev–Trinajstić information content (AvgIpc) is 3.26. The first-order valence-corrected chi connectivity index (χ1v) is 10.6. The third-order valence-electron chi connectivity index (χ3n) is 6.20. The Morgan fingerprint density at radius 1 is 1.17 bits per heavy atom. The molecule has 0 radical (unpaired) electrons. The van der Waals surface area contributed by atoms with Crippen LogP contribution in [0.25, 0.3) is 0 Å². The van der Waals surface area contributed by atoms with E-state index in [2.05, 4.69) is 28.9 Å². The second-order valence-corrected chi connectivity index (χ2v) is 8.90. The van der Waals surface area contributed by atoms with Gasteiger partial charge in [-0.2, -0.15) is 18.3 Å². The molecule has 0 saturated carbocycles. The molecule has 1 aromatic carbocycles. The number of aromatic nitrogens is 2. The predicted molar refractivity (Wildman–Crippen MR) is 107 cm³/mol. The first kappa shape index (κ1) is 21.3. The number of aliphatic hydroxyl groups is 1. The molecule has 0 spiro atoms. The number of rotatable bonds is 5. The summed E-state index contributed by atoms with van der Waals surface area (Å²) in [5, 5.41) is 18.4. The third kappa shape index (κ3) is 4.26. The SMILES string of the molecule is CC(C)CN1Cc2[nH]nc(C(O)N3CCC(c4ccccc4C(F)(F)F)CC3)c2C1. The molecule has 164 valence electrons. The normalized spacial score (nSPS) is 20.1. The average molecular weight is 422 g/mol. The maximum Gasteiger partial charge on any atom is 0.416 e. The molecule has 1 fully saturated rings. The Hall–Kier alpha value is -1.90. The van der Waals surface area contributed by atoms with E-state index in [1.807, 2.05) is 4.90 Å². The number of hydrogen-bond donors (Lipinski definition) is 2. The van der Waals surface area contributed by atoms with Crippen molar-refractivity contribution < 1.29 is 18.3 Å². The lowest BCUT2D eigenvalue weighted by Gasteiger charge is -2.35. The Morgan fingerprint density at radius 3 is 2.53 bits per heavy atom. The number of halogens is 3. The maximum absolute atomic E-state index is 13.4. The first-order chi connectivity index (χ1) is 14.2. The van der Waals surface area contributed by atoms with Crippen LogP contribution in [0.3, 0.4) is 0 Å². The topological polar surface area (TPSA) is 55.4 Å². The van der Waals surface area contributed by atoms with Crippen molar-refractivity contribution in [1.29, 1.82) is 0 Å². The molecule has 2 aliphatic heterocycles. The fraction of sp³-hybridized carbons (Fsp3) is 0.591. The maximum atomic E-state index is 13.4. The van der Waals surface area contributed by atoms with E-state index in [4.69, 9.17) is 0 Å². The van der Waals surface area contributed by atoms with E-state index in [1.54, 1.807) is 12.1 Å². The van der Waals surface area contributed by atoms with Gasteiger partial charge >= 0.3 is 6.18 Å². The van der Waals surface area contributed by atoms with Gasteiger partial charge in [0.1, 0.15) is 5.69 Å². The molecular weight excluding hydrogens is 393 g/mol. The fourth-order valence-electron chi connectivity index (χ4n) is 4.83. The highest BCUT2D eigenvalue weighted by Crippen LogP contribution is 2.40. The Kier molecular flexibility index (Phi) is 5.92. The number of nitrogens with zero attached hydrogens (tertiary/aromatic N) is 3. The highest BCUT2D eigenvalue weighted by Gasteiger charge is 2.37. The number of piperidine rings is 1. The van der Waals surface area contributed by atoms with Crippen LogP contribution in [-0.2, 0) is 19.3 Å². The van der Waals surface area contributed by atoms with E-state index in [9.17, 15) is 18.3 Å². The highest BCUT2D eigenvalue weighted by atomic mass is 19.4. The van der Waals surface area contributed by atoms with Crippen molar-refractivity contribution in [2.45, 2.75) is 58.1 Å². The molecule has 0 aliphatic carbocycles. The summed E-state index contributed by atoms with van der Waals surface area (Å²) in [6.45, 7) is 8.01. The van der Waals surface area contributed by atoms with E-state index in [-0.39, 0.29) is 5.92 Å². The van der Waals surface area contributed by atoms with E-state index in [1.165, 1.54) is 6.07 Å². The summed E-state index contributed by atoms with van der Waals surface area (Å²) < 4.78 is 40.1. The predicted octanol–water partition coefficient (Wildman–Crippen LogP) is 4.27. The van der Waals surface area contributed by atoms with Gasteiger partial charge in [0.2, 0.25) is 0 Å². The van der Waals surface area contributed by atoms with Crippen molar-refractivity contribution in [2.75, 3.05) is 19.6 Å². The van der Waals surface area contributed by atoms with Crippen molar-refractivity contribution in [3.63, 3.8) is 0 Å². The summed E-state index contributed by atoms with van der Waals surface area (Å²) in [5.41, 5.74) is 2.60. The number of aliphatic hydroxyl groups excluding tert-OH is 1. The van der Waals surface area contributed by atoms with Gasteiger partial charge < -0.3 is 5.11 Å². The fourth-order valence-corrected chi connectivity index (χ4v) is 4.83. The standard InChI is InChI=1S/C22H29F3N4O/c1-14(2)11-28-12-17-19(13-28)26-27-20(17)21(30)29-9-7-15(8-10-29)16-5-3-4-6-18(16)22(23,24)25/h3-6,14-15,21,30H,7-13H2,1-2H3,(H,26,27). The molecule has 0 bridgehead atoms. The summed E-state index contributed by atoms with van der Waals surface area (Å²) in [5.74, 6) is 0.409. The smallest absolute Gasteiger partial charge is 0.372 e. The minimum absolute atomic E-state index is 0.155. The lowest BCUT2D eigenvalue weighted by Crippen LogP contribution is -2.37. The Bertz CT molecular complexity index is 872. The number of benzene rings is 1. The molecule has 3 heterocycles. The van der Waals surface area contributed by atoms with Gasteiger partial charge in [0.05, 0.1) is 11.3 Å². The van der Waals surface area contributed by atoms with Crippen molar-refractivity contribution in [3.8, 4) is 0 Å². The van der Waals surface area contributed by atoms with Gasteiger partial charge in [-0.3, -0.25) is 14.9 Å². The minimum Gasteiger partial charge on any atom is -0.372 e. The largest absolute Gasteiger partial charge is 0.416 e. The highest BCUT2D eigenvalue weighted by molar-refractivity contribution is 5.33. The van der Waals surface area contributed by atoms with Crippen LogP contribution in [0.4, 0.5) is 13.2 Å². The number of aromatic amines is 1. The van der Waals surface area contributed by atoms with Crippen LogP contribution < -0.4 is 0 Å². The number of alkyl halides is 3. The van der Waals surface area contributed by atoms with Gasteiger partial charge in [-0.25, -0.2) is 0 Å². The van der Waals surface area contributed by atoms with Crippen LogP contribution in [0.5, 0.6) is 0 Å². The number of nitrogens with one attached hydrogen (secondary N) is 1. The van der Waals surface area contributed by atoms with E-state index in [0.717, 1.165) is 37.0 Å². The molecule has 5 nitrogen and oxygen atoms in total. The molecule has 2 aliphatic rings. The molecule has 1 unspecified atom stereocenters. The molecule has 2 N–H and O–H groups in total. The molecule has 1 saturated heterocycles. The Morgan fingerprint density at radius 2 is 1.87 bits per heavy atom. The Balaban J connectivity index is 1.42. The van der Waals surface area contributed by atoms with Crippen molar-refractivity contribution >= 4 is 0 Å². The zero-order valence-corrected chi connectivity index (χ0v) is 17.4. The summed E-state index contributed by atoms with van der Waals surface area (Å²) >= 11 is 0. The molecule has 0 amide bonds. The zero-order valence-electron chi connectivity index (χ0n) is 17.4. The second kappa shape index (κ2) is 8.32. The molecule has 30 heavy (non-hydrogen) atoms.